The lowest BCUT2D eigenvalue weighted by atomic mass is 9.80. The van der Waals surface area contributed by atoms with E-state index in [0.29, 0.717) is 6.42 Å². The molecule has 5 atom stereocenters. The third-order valence-corrected chi connectivity index (χ3v) is 4.31. The number of fused-ring (bicyclic) bond motifs is 2. The van der Waals surface area contributed by atoms with Gasteiger partial charge in [-0.1, -0.05) is 12.2 Å². The molecule has 0 aliphatic heterocycles. The largest absolute Gasteiger partial charge is 0.423 e. The molecular weight excluding hydrogens is 271 g/mol. The number of halogens is 5. The molecule has 2 nitrogen and oxygen atoms in total. The molecular formula is C12H15F5O2. The lowest BCUT2D eigenvalue weighted by molar-refractivity contribution is -0.346. The third kappa shape index (κ3) is 2.07. The molecule has 0 aromatic rings. The number of aliphatic hydroxyl groups excluding tert-OH is 1. The van der Waals surface area contributed by atoms with Crippen molar-refractivity contribution in [2.45, 2.75) is 43.6 Å². The fraction of sp³-hybridized carbons (Fsp3) is 0.833. The van der Waals surface area contributed by atoms with Crippen LogP contribution in [0.15, 0.2) is 12.2 Å². The number of aliphatic hydroxyl groups is 2. The van der Waals surface area contributed by atoms with Gasteiger partial charge in [0.1, 0.15) is 6.10 Å². The summed E-state index contributed by atoms with van der Waals surface area (Å²) >= 11 is 0. The van der Waals surface area contributed by atoms with E-state index in [9.17, 15) is 27.1 Å². The van der Waals surface area contributed by atoms with Gasteiger partial charge >= 0.3 is 12.1 Å². The Hall–Kier alpha value is -0.690. The second-order valence-electron chi connectivity index (χ2n) is 5.58. The lowest BCUT2D eigenvalue weighted by Gasteiger charge is -2.40. The first-order valence-corrected chi connectivity index (χ1v) is 6.02. The molecule has 19 heavy (non-hydrogen) atoms. The van der Waals surface area contributed by atoms with Crippen LogP contribution in [0.25, 0.3) is 0 Å². The molecule has 2 N–H and O–H groups in total. The maximum absolute atomic E-state index is 13.8. The summed E-state index contributed by atoms with van der Waals surface area (Å²) in [6, 6.07) is 0. The van der Waals surface area contributed by atoms with Gasteiger partial charge in [-0.2, -0.15) is 13.2 Å². The highest BCUT2D eigenvalue weighted by Crippen LogP contribution is 2.51. The monoisotopic (exact) mass is 286 g/mol. The fourth-order valence-electron chi connectivity index (χ4n) is 2.93. The minimum atomic E-state index is -5.51. The average molecular weight is 286 g/mol. The zero-order valence-electron chi connectivity index (χ0n) is 10.2. The van der Waals surface area contributed by atoms with Gasteiger partial charge in [-0.15, -0.1) is 0 Å². The highest BCUT2D eigenvalue weighted by Gasteiger charge is 2.70. The van der Waals surface area contributed by atoms with Gasteiger partial charge < -0.3 is 10.2 Å². The van der Waals surface area contributed by atoms with Crippen molar-refractivity contribution >= 4 is 0 Å². The van der Waals surface area contributed by atoms with Crippen LogP contribution in [0.3, 0.4) is 0 Å². The minimum Gasteiger partial charge on any atom is -0.386 e. The summed E-state index contributed by atoms with van der Waals surface area (Å²) < 4.78 is 65.2. The first-order chi connectivity index (χ1) is 8.48. The first kappa shape index (κ1) is 14.7. The highest BCUT2D eigenvalue weighted by molar-refractivity contribution is 5.14. The molecule has 0 saturated heterocycles. The molecule has 0 amide bonds. The smallest absolute Gasteiger partial charge is 0.386 e. The summed E-state index contributed by atoms with van der Waals surface area (Å²) in [5.74, 6) is -5.89. The van der Waals surface area contributed by atoms with Crippen molar-refractivity contribution in [3.63, 3.8) is 0 Å². The SMILES string of the molecule is CC(O)(C(F)(F)F)C(F)(F)C(O)C1CC2C=CC1C2. The average Bonchev–Trinajstić information content (AvgIpc) is 2.87. The molecule has 0 heterocycles. The molecule has 2 rings (SSSR count). The van der Waals surface area contributed by atoms with Crippen LogP contribution in [-0.2, 0) is 0 Å². The Balaban J connectivity index is 2.22. The second-order valence-corrected chi connectivity index (χ2v) is 5.58. The summed E-state index contributed by atoms with van der Waals surface area (Å²) in [6.07, 6.45) is -3.74. The van der Waals surface area contributed by atoms with Gasteiger partial charge in [0.05, 0.1) is 0 Å². The van der Waals surface area contributed by atoms with E-state index in [-0.39, 0.29) is 25.2 Å². The second kappa shape index (κ2) is 4.15. The van der Waals surface area contributed by atoms with E-state index >= 15 is 0 Å². The fourth-order valence-corrected chi connectivity index (χ4v) is 2.93. The third-order valence-electron chi connectivity index (χ3n) is 4.31. The zero-order valence-corrected chi connectivity index (χ0v) is 10.2. The summed E-state index contributed by atoms with van der Waals surface area (Å²) in [5, 5.41) is 18.8. The summed E-state index contributed by atoms with van der Waals surface area (Å²) in [5.41, 5.74) is -4.25. The van der Waals surface area contributed by atoms with Gasteiger partial charge in [-0.3, -0.25) is 0 Å². The lowest BCUT2D eigenvalue weighted by Crippen LogP contribution is -2.63. The molecule has 2 aliphatic rings. The van der Waals surface area contributed by atoms with Crippen LogP contribution in [0.2, 0.25) is 0 Å². The highest BCUT2D eigenvalue weighted by atomic mass is 19.4. The summed E-state index contributed by atoms with van der Waals surface area (Å²) in [4.78, 5) is 0. The zero-order chi connectivity index (χ0) is 14.6. The van der Waals surface area contributed by atoms with E-state index in [4.69, 9.17) is 5.11 Å². The van der Waals surface area contributed by atoms with E-state index in [1.807, 2.05) is 6.08 Å². The molecule has 0 spiro atoms. The van der Waals surface area contributed by atoms with Crippen LogP contribution in [-0.4, -0.2) is 34.0 Å². The van der Waals surface area contributed by atoms with Gasteiger partial charge in [0, 0.05) is 0 Å². The van der Waals surface area contributed by atoms with Crippen molar-refractivity contribution < 1.29 is 32.2 Å². The normalized spacial score (nSPS) is 35.5. The standard InChI is InChI=1S/C12H15F5O2/c1-10(19,12(15,16)17)11(13,14)9(18)8-5-6-2-3-7(8)4-6/h2-3,6-9,18-19H,4-5H2,1H3. The van der Waals surface area contributed by atoms with Crippen molar-refractivity contribution in [1.82, 2.24) is 0 Å². The van der Waals surface area contributed by atoms with Gasteiger partial charge in [0.15, 0.2) is 0 Å². The van der Waals surface area contributed by atoms with Crippen molar-refractivity contribution in [2.75, 3.05) is 0 Å². The predicted molar refractivity (Wildman–Crippen MR) is 56.5 cm³/mol. The Bertz CT molecular complexity index is 388. The predicted octanol–water partition coefficient (Wildman–Crippen LogP) is 2.51. The van der Waals surface area contributed by atoms with Crippen LogP contribution < -0.4 is 0 Å². The molecule has 0 aromatic heterocycles. The van der Waals surface area contributed by atoms with Crippen molar-refractivity contribution in [3.8, 4) is 0 Å². The molecule has 0 aromatic carbocycles. The Labute approximate surface area is 106 Å². The number of hydrogen-bond donors (Lipinski definition) is 2. The maximum Gasteiger partial charge on any atom is 0.423 e. The molecule has 110 valence electrons. The molecule has 1 fully saturated rings. The minimum absolute atomic E-state index is 0.000728. The number of allylic oxidation sites excluding steroid dienone is 2. The quantitative estimate of drug-likeness (QED) is 0.618. The van der Waals surface area contributed by atoms with Crippen LogP contribution in [0, 0.1) is 17.8 Å². The van der Waals surface area contributed by atoms with Gasteiger partial charge in [-0.25, -0.2) is 8.78 Å². The van der Waals surface area contributed by atoms with Crippen molar-refractivity contribution in [1.29, 1.82) is 0 Å². The molecule has 0 radical (unpaired) electrons. The summed E-state index contributed by atoms with van der Waals surface area (Å²) in [6.45, 7) is -0.000728. The van der Waals surface area contributed by atoms with Crippen LogP contribution in [0.1, 0.15) is 19.8 Å². The van der Waals surface area contributed by atoms with E-state index < -0.39 is 29.7 Å². The Kier molecular flexibility index (Phi) is 3.21. The van der Waals surface area contributed by atoms with Crippen LogP contribution in [0.4, 0.5) is 22.0 Å². The Morgan fingerprint density at radius 2 is 1.68 bits per heavy atom. The van der Waals surface area contributed by atoms with Gasteiger partial charge in [0.25, 0.3) is 0 Å². The summed E-state index contributed by atoms with van der Waals surface area (Å²) in [7, 11) is 0. The van der Waals surface area contributed by atoms with Gasteiger partial charge in [0.2, 0.25) is 5.60 Å². The maximum atomic E-state index is 13.8. The van der Waals surface area contributed by atoms with Crippen molar-refractivity contribution in [2.24, 2.45) is 17.8 Å². The molecule has 1 saturated carbocycles. The Morgan fingerprint density at radius 3 is 2.05 bits per heavy atom. The number of alkyl halides is 5. The van der Waals surface area contributed by atoms with E-state index in [1.54, 1.807) is 6.08 Å². The number of rotatable bonds is 3. The first-order valence-electron chi connectivity index (χ1n) is 6.02. The van der Waals surface area contributed by atoms with E-state index in [2.05, 4.69) is 0 Å². The molecule has 7 heteroatoms. The Morgan fingerprint density at radius 1 is 1.11 bits per heavy atom. The van der Waals surface area contributed by atoms with Crippen LogP contribution in [0.5, 0.6) is 0 Å². The van der Waals surface area contributed by atoms with E-state index in [1.165, 1.54) is 0 Å². The van der Waals surface area contributed by atoms with Crippen molar-refractivity contribution in [3.05, 3.63) is 12.2 Å². The molecule has 2 bridgehead atoms. The number of hydrogen-bond acceptors (Lipinski definition) is 2. The topological polar surface area (TPSA) is 40.5 Å². The molecule has 5 unspecified atom stereocenters. The van der Waals surface area contributed by atoms with E-state index in [0.717, 1.165) is 0 Å². The molecule has 2 aliphatic carbocycles. The van der Waals surface area contributed by atoms with Crippen LogP contribution >= 0.6 is 0 Å². The van der Waals surface area contributed by atoms with Gasteiger partial charge in [-0.05, 0) is 37.5 Å².